The maximum atomic E-state index is 13.6. The molecule has 0 aliphatic carbocycles. The zero-order chi connectivity index (χ0) is 95.2. The number of nitrogens with zero attached hydrogens (tertiary/aromatic N) is 16. The molecule has 133 heavy (non-hydrogen) atoms. The summed E-state index contributed by atoms with van der Waals surface area (Å²) in [6.07, 6.45) is 25.4. The normalized spacial score (nSPS) is 11.5. The Morgan fingerprint density at radius 1 is 0.241 bits per heavy atom. The van der Waals surface area contributed by atoms with Crippen molar-refractivity contribution in [2.45, 2.75) is 144 Å². The lowest BCUT2D eigenvalue weighted by molar-refractivity contribution is 0.0979. The molecular weight excluding hydrogens is 1650 g/mol. The van der Waals surface area contributed by atoms with Gasteiger partial charge in [0.05, 0.1) is 142 Å². The molecule has 0 radical (unpaired) electrons. The van der Waals surface area contributed by atoms with Gasteiger partial charge in [-0.15, -0.1) is 0 Å². The largest absolute Gasteiger partial charge is 0.352 e. The van der Waals surface area contributed by atoms with E-state index in [2.05, 4.69) is 61.6 Å². The molecule has 0 spiro atoms. The van der Waals surface area contributed by atoms with Crippen molar-refractivity contribution >= 4 is 92.1 Å². The van der Waals surface area contributed by atoms with E-state index in [1.807, 2.05) is 394 Å². The van der Waals surface area contributed by atoms with Crippen molar-refractivity contribution in [3.63, 3.8) is 0 Å². The Balaban J connectivity index is 0.000000207. The van der Waals surface area contributed by atoms with Crippen LogP contribution < -0.4 is 40.9 Å². The van der Waals surface area contributed by atoms with Crippen LogP contribution in [0.5, 0.6) is 0 Å². The molecule has 24 heteroatoms. The lowest BCUT2D eigenvalue weighted by Crippen LogP contribution is -2.29. The van der Waals surface area contributed by atoms with Crippen molar-refractivity contribution in [3.05, 3.63) is 362 Å². The number of rotatable bonds is 12. The molecular formula is C109H128N20O4. The van der Waals surface area contributed by atoms with Gasteiger partial charge in [-0.3, -0.25) is 47.9 Å². The van der Waals surface area contributed by atoms with Crippen LogP contribution in [0.15, 0.2) is 317 Å². The summed E-state index contributed by atoms with van der Waals surface area (Å²) >= 11 is 0. The van der Waals surface area contributed by atoms with Gasteiger partial charge in [0.15, 0.2) is 11.6 Å². The number of aromatic nitrogens is 12. The van der Waals surface area contributed by atoms with E-state index in [9.17, 15) is 19.2 Å². The highest BCUT2D eigenvalue weighted by atomic mass is 16.2. The Bertz CT molecular complexity index is 5560. The van der Waals surface area contributed by atoms with Gasteiger partial charge < -0.3 is 40.9 Å². The first kappa shape index (κ1) is 103. The fraction of sp³-hybridized carbons (Fsp3) is 0.229. The Kier molecular flexibility index (Phi) is 40.2. The number of hydrogen-bond donors (Lipinski definition) is 4. The second kappa shape index (κ2) is 52.1. The van der Waals surface area contributed by atoms with Gasteiger partial charge >= 0.3 is 0 Å². The maximum absolute atomic E-state index is 13.6. The highest BCUT2D eigenvalue weighted by Crippen LogP contribution is 2.43. The van der Waals surface area contributed by atoms with Crippen LogP contribution in [0.2, 0.25) is 0 Å². The molecule has 4 amide bonds. The third-order valence-electron chi connectivity index (χ3n) is 20.2. The summed E-state index contributed by atoms with van der Waals surface area (Å²) in [5.41, 5.74) is 22.2. The van der Waals surface area contributed by atoms with Gasteiger partial charge in [-0.1, -0.05) is 264 Å². The molecule has 8 aromatic heterocycles. The minimum atomic E-state index is -0.0613. The number of benzene rings is 8. The monoisotopic (exact) mass is 1780 g/mol. The second-order valence-corrected chi connectivity index (χ2v) is 28.2. The van der Waals surface area contributed by atoms with Gasteiger partial charge in [0.25, 0.3) is 23.6 Å². The Morgan fingerprint density at radius 2 is 0.481 bits per heavy atom. The van der Waals surface area contributed by atoms with E-state index in [1.54, 1.807) is 100 Å². The SMILES string of the molecule is C.CC.CC.CC.CC.CC.CC.CC.CC.Cn1cc(-c2ccc3c(c2)C(=O)N(Cc2ccccc2)c2cccnc2N3)cn1.Cn1cc(-c2ccc3c(c2)C(=O)N(Cc2ccccc2)c2cccnc2N3)cn1.Cn1cc(-c2ccc3c(c2)C(=O)N(Cc2ccccc2)c2ccncc2N3)cn1.Cn1cc(-c2ccc3c(c2)C(=O)N(Cc2ccccc2)c2ccncc2N3)cn1. The maximum Gasteiger partial charge on any atom is 0.260 e. The van der Waals surface area contributed by atoms with Crippen molar-refractivity contribution in [2.24, 2.45) is 28.2 Å². The molecule has 4 N–H and O–H groups in total. The summed E-state index contributed by atoms with van der Waals surface area (Å²) in [4.78, 5) is 79.1. The molecule has 4 aliphatic rings. The van der Waals surface area contributed by atoms with E-state index in [0.717, 1.165) is 124 Å². The topological polar surface area (TPSA) is 252 Å². The number of fused-ring (bicyclic) bond motifs is 8. The van der Waals surface area contributed by atoms with Gasteiger partial charge in [-0.25, -0.2) is 9.97 Å². The second-order valence-electron chi connectivity index (χ2n) is 28.2. The van der Waals surface area contributed by atoms with Gasteiger partial charge in [-0.2, -0.15) is 20.4 Å². The van der Waals surface area contributed by atoms with Gasteiger partial charge in [0.1, 0.15) is 0 Å². The van der Waals surface area contributed by atoms with Crippen LogP contribution in [-0.2, 0) is 54.4 Å². The predicted octanol–water partition coefficient (Wildman–Crippen LogP) is 26.4. The smallest absolute Gasteiger partial charge is 0.260 e. The van der Waals surface area contributed by atoms with Crippen molar-refractivity contribution in [3.8, 4) is 44.5 Å². The fourth-order valence-electron chi connectivity index (χ4n) is 14.4. The van der Waals surface area contributed by atoms with Crippen molar-refractivity contribution in [2.75, 3.05) is 40.9 Å². The number of hydrogen-bond acceptors (Lipinski definition) is 16. The van der Waals surface area contributed by atoms with E-state index in [1.165, 1.54) is 0 Å². The minimum absolute atomic E-state index is 0. The number of aryl methyl sites for hydroxylation is 4. The fourth-order valence-corrected chi connectivity index (χ4v) is 14.4. The summed E-state index contributed by atoms with van der Waals surface area (Å²) in [7, 11) is 7.52. The lowest BCUT2D eigenvalue weighted by Gasteiger charge is -2.22. The molecule has 688 valence electrons. The van der Waals surface area contributed by atoms with E-state index in [-0.39, 0.29) is 31.1 Å². The number of carbonyl (C=O) groups is 4. The van der Waals surface area contributed by atoms with Crippen molar-refractivity contribution in [1.29, 1.82) is 0 Å². The summed E-state index contributed by atoms with van der Waals surface area (Å²) in [5, 5.41) is 30.4. The first-order chi connectivity index (χ1) is 64.7. The Hall–Kier alpha value is -15.7. The van der Waals surface area contributed by atoms with Gasteiger partial charge in [0.2, 0.25) is 0 Å². The zero-order valence-corrected chi connectivity index (χ0v) is 79.6. The highest BCUT2D eigenvalue weighted by molar-refractivity contribution is 6.17. The van der Waals surface area contributed by atoms with E-state index in [0.29, 0.717) is 60.1 Å². The van der Waals surface area contributed by atoms with Crippen LogP contribution in [0.1, 0.15) is 182 Å². The summed E-state index contributed by atoms with van der Waals surface area (Å²) < 4.78 is 7.01. The van der Waals surface area contributed by atoms with Crippen LogP contribution >= 0.6 is 0 Å². The molecule has 16 aromatic rings. The average Bonchev–Trinajstić information content (AvgIpc) is 1.66. The molecule has 8 aromatic carbocycles. The quantitative estimate of drug-likeness (QED) is 0.0887. The van der Waals surface area contributed by atoms with E-state index in [4.69, 9.17) is 0 Å². The van der Waals surface area contributed by atoms with Crippen LogP contribution in [0.3, 0.4) is 0 Å². The molecule has 0 saturated heterocycles. The first-order valence-electron chi connectivity index (χ1n) is 45.6. The average molecular weight is 1780 g/mol. The molecule has 24 nitrogen and oxygen atoms in total. The number of nitrogens with one attached hydrogen (secondary N) is 4. The molecule has 12 heterocycles. The van der Waals surface area contributed by atoms with Crippen molar-refractivity contribution < 1.29 is 19.2 Å². The van der Waals surface area contributed by atoms with Gasteiger partial charge in [-0.05, 0) is 129 Å². The Labute approximate surface area is 785 Å². The number of carbonyl (C=O) groups excluding carboxylic acids is 4. The zero-order valence-electron chi connectivity index (χ0n) is 79.6. The third kappa shape index (κ3) is 25.4. The molecule has 4 aliphatic heterocycles. The molecule has 0 atom stereocenters. The van der Waals surface area contributed by atoms with E-state index < -0.39 is 0 Å². The van der Waals surface area contributed by atoms with Crippen LogP contribution in [-0.4, -0.2) is 82.7 Å². The number of amides is 4. The summed E-state index contributed by atoms with van der Waals surface area (Å²) in [6.45, 7) is 33.9. The molecule has 0 saturated carbocycles. The van der Waals surface area contributed by atoms with E-state index >= 15 is 0 Å². The lowest BCUT2D eigenvalue weighted by atomic mass is 10.0. The minimum Gasteiger partial charge on any atom is -0.352 e. The third-order valence-corrected chi connectivity index (χ3v) is 20.2. The first-order valence-corrected chi connectivity index (χ1v) is 45.6. The van der Waals surface area contributed by atoms with Gasteiger partial charge in [0, 0.05) is 100 Å². The summed E-state index contributed by atoms with van der Waals surface area (Å²) in [6, 6.07) is 74.7. The van der Waals surface area contributed by atoms with Crippen LogP contribution in [0, 0.1) is 0 Å². The standard InChI is InChI=1S/4C23H19N5O.8C2H6.CH4/c2*1-27-15-18(13-25-27)17-9-10-20-19(12-17)23(29)28(14-16-6-3-2-4-7-16)21-8-5-11-24-22(21)26-20;2*1-27-15-18(12-25-27)17-7-8-20-19(11-17)23(29)28(14-16-5-3-2-4-6-16)22-9-10-24-13-21(22)26-20;8*1-2;/h2*2-13,15H,14H2,1H3,(H,24,26);2*2-13,15,26H,14H2,1H3;8*1-2H3;1H4. The highest BCUT2D eigenvalue weighted by Gasteiger charge is 2.33. The predicted molar refractivity (Wildman–Crippen MR) is 550 cm³/mol. The molecule has 0 fully saturated rings. The Morgan fingerprint density at radius 3 is 0.722 bits per heavy atom. The molecule has 20 rings (SSSR count). The number of anilines is 12. The van der Waals surface area contributed by atoms with Crippen LogP contribution in [0.25, 0.3) is 44.5 Å². The van der Waals surface area contributed by atoms with Crippen LogP contribution in [0.4, 0.5) is 68.5 Å². The molecule has 0 unspecified atom stereocenters. The molecule has 0 bridgehead atoms. The summed E-state index contributed by atoms with van der Waals surface area (Å²) in [5.74, 6) is 1.12. The van der Waals surface area contributed by atoms with Crippen molar-refractivity contribution in [1.82, 2.24) is 59.1 Å². The number of pyridine rings is 4.